The lowest BCUT2D eigenvalue weighted by Gasteiger charge is -2.25. The number of aryl methyl sites for hydroxylation is 2. The Morgan fingerprint density at radius 2 is 1.68 bits per heavy atom. The average Bonchev–Trinajstić information content (AvgIpc) is 2.56. The molecule has 0 spiro atoms. The summed E-state index contributed by atoms with van der Waals surface area (Å²) in [5.74, 6) is 0.650. The van der Waals surface area contributed by atoms with Crippen molar-refractivity contribution in [1.82, 2.24) is 0 Å². The van der Waals surface area contributed by atoms with Gasteiger partial charge in [0, 0.05) is 12.0 Å². The summed E-state index contributed by atoms with van der Waals surface area (Å²) >= 11 is 0. The largest absolute Gasteiger partial charge is 0.294 e. The molecule has 2 aromatic rings. The van der Waals surface area contributed by atoms with E-state index >= 15 is 0 Å². The summed E-state index contributed by atoms with van der Waals surface area (Å²) < 4.78 is 0. The van der Waals surface area contributed by atoms with Gasteiger partial charge in [-0.1, -0.05) is 68.8 Å². The van der Waals surface area contributed by atoms with E-state index in [-0.39, 0.29) is 0 Å². The number of carbonyl (C=O) groups is 1. The second-order valence-electron chi connectivity index (χ2n) is 5.74. The van der Waals surface area contributed by atoms with Crippen LogP contribution in [0.5, 0.6) is 0 Å². The fourth-order valence-electron chi connectivity index (χ4n) is 3.21. The molecule has 0 radical (unpaired) electrons. The lowest BCUT2D eigenvalue weighted by Crippen LogP contribution is -2.20. The van der Waals surface area contributed by atoms with E-state index in [0.29, 0.717) is 18.1 Å². The van der Waals surface area contributed by atoms with Crippen LogP contribution in [0.2, 0.25) is 0 Å². The lowest BCUT2D eigenvalue weighted by atomic mass is 9.77. The van der Waals surface area contributed by atoms with Crippen LogP contribution in [0.4, 0.5) is 0 Å². The zero-order valence-corrected chi connectivity index (χ0v) is 14.1. The van der Waals surface area contributed by atoms with E-state index in [9.17, 15) is 4.79 Å². The summed E-state index contributed by atoms with van der Waals surface area (Å²) in [4.78, 5) is 12.5. The molecule has 2 aromatic carbocycles. The minimum Gasteiger partial charge on any atom is -0.294 e. The standard InChI is InChI=1S/C19H20O.C2H6/c1-3-14-5-4-6-16-11-17(12-18(20)19(14)16)15-9-7-13(2)8-10-15;1-2/h4-10,17H,3,11-12H2,1-2H3;1-2H3. The topological polar surface area (TPSA) is 17.1 Å². The van der Waals surface area contributed by atoms with E-state index < -0.39 is 0 Å². The van der Waals surface area contributed by atoms with Crippen LogP contribution in [0.15, 0.2) is 42.5 Å². The number of ketones is 1. The Morgan fingerprint density at radius 3 is 2.32 bits per heavy atom. The van der Waals surface area contributed by atoms with Crippen molar-refractivity contribution in [3.63, 3.8) is 0 Å². The van der Waals surface area contributed by atoms with Crippen LogP contribution in [-0.2, 0) is 12.8 Å². The monoisotopic (exact) mass is 294 g/mol. The van der Waals surface area contributed by atoms with Crippen molar-refractivity contribution in [2.24, 2.45) is 0 Å². The van der Waals surface area contributed by atoms with E-state index in [1.54, 1.807) is 0 Å². The van der Waals surface area contributed by atoms with E-state index in [2.05, 4.69) is 56.3 Å². The van der Waals surface area contributed by atoms with Crippen LogP contribution >= 0.6 is 0 Å². The molecule has 0 aromatic heterocycles. The Kier molecular flexibility index (Phi) is 5.54. The van der Waals surface area contributed by atoms with Crippen molar-refractivity contribution < 1.29 is 4.79 Å². The Hall–Kier alpha value is -1.89. The molecule has 1 unspecified atom stereocenters. The highest BCUT2D eigenvalue weighted by Gasteiger charge is 2.27. The Morgan fingerprint density at radius 1 is 1.00 bits per heavy atom. The van der Waals surface area contributed by atoms with Gasteiger partial charge in [-0.3, -0.25) is 4.79 Å². The molecule has 22 heavy (non-hydrogen) atoms. The fraction of sp³-hybridized carbons (Fsp3) is 0.381. The minimum atomic E-state index is 0.314. The molecular formula is C21H26O. The van der Waals surface area contributed by atoms with Crippen molar-refractivity contribution in [1.29, 1.82) is 0 Å². The summed E-state index contributed by atoms with van der Waals surface area (Å²) in [6.07, 6.45) is 2.56. The SMILES string of the molecule is CC.CCc1cccc2c1C(=O)CC(c1ccc(C)cc1)C2. The predicted octanol–water partition coefficient (Wildman–Crippen LogP) is 5.50. The average molecular weight is 294 g/mol. The Bertz CT molecular complexity index is 637. The molecule has 1 heteroatoms. The molecule has 0 amide bonds. The molecule has 0 aliphatic heterocycles. The summed E-state index contributed by atoms with van der Waals surface area (Å²) in [6, 6.07) is 14.9. The third kappa shape index (κ3) is 3.30. The highest BCUT2D eigenvalue weighted by Crippen LogP contribution is 2.34. The second kappa shape index (κ2) is 7.40. The smallest absolute Gasteiger partial charge is 0.164 e. The Balaban J connectivity index is 0.000000847. The molecule has 116 valence electrons. The first-order chi connectivity index (χ1) is 10.7. The van der Waals surface area contributed by atoms with E-state index in [1.165, 1.54) is 22.3 Å². The Labute approximate surface area is 134 Å². The van der Waals surface area contributed by atoms with Crippen LogP contribution < -0.4 is 0 Å². The number of benzene rings is 2. The van der Waals surface area contributed by atoms with Gasteiger partial charge in [0.1, 0.15) is 0 Å². The van der Waals surface area contributed by atoms with Gasteiger partial charge in [-0.2, -0.15) is 0 Å². The van der Waals surface area contributed by atoms with Crippen LogP contribution in [0, 0.1) is 6.92 Å². The molecule has 0 saturated carbocycles. The number of rotatable bonds is 2. The van der Waals surface area contributed by atoms with Crippen LogP contribution in [0.3, 0.4) is 0 Å². The molecule has 0 fully saturated rings. The number of hydrogen-bond donors (Lipinski definition) is 0. The summed E-state index contributed by atoms with van der Waals surface area (Å²) in [6.45, 7) is 8.22. The molecule has 1 atom stereocenters. The zero-order chi connectivity index (χ0) is 16.1. The van der Waals surface area contributed by atoms with Crippen molar-refractivity contribution in [3.05, 3.63) is 70.3 Å². The van der Waals surface area contributed by atoms with Gasteiger partial charge in [0.25, 0.3) is 0 Å². The number of hydrogen-bond acceptors (Lipinski definition) is 1. The zero-order valence-electron chi connectivity index (χ0n) is 14.1. The maximum atomic E-state index is 12.5. The quantitative estimate of drug-likeness (QED) is 0.715. The molecule has 1 aliphatic rings. The fourth-order valence-corrected chi connectivity index (χ4v) is 3.21. The normalized spacial score (nSPS) is 16.5. The summed E-state index contributed by atoms with van der Waals surface area (Å²) in [5, 5.41) is 0. The van der Waals surface area contributed by atoms with Crippen molar-refractivity contribution in [3.8, 4) is 0 Å². The summed E-state index contributed by atoms with van der Waals surface area (Å²) in [5.41, 5.74) is 5.99. The molecule has 0 heterocycles. The van der Waals surface area contributed by atoms with Crippen LogP contribution in [-0.4, -0.2) is 5.78 Å². The highest BCUT2D eigenvalue weighted by atomic mass is 16.1. The van der Waals surface area contributed by atoms with Gasteiger partial charge in [0.15, 0.2) is 5.78 Å². The third-order valence-electron chi connectivity index (χ3n) is 4.34. The maximum absolute atomic E-state index is 12.5. The first-order valence-electron chi connectivity index (χ1n) is 8.39. The van der Waals surface area contributed by atoms with Gasteiger partial charge in [0.2, 0.25) is 0 Å². The van der Waals surface area contributed by atoms with Crippen molar-refractivity contribution in [2.75, 3.05) is 0 Å². The van der Waals surface area contributed by atoms with Gasteiger partial charge in [-0.15, -0.1) is 0 Å². The number of carbonyl (C=O) groups excluding carboxylic acids is 1. The highest BCUT2D eigenvalue weighted by molar-refractivity contribution is 6.00. The van der Waals surface area contributed by atoms with Crippen LogP contribution in [0.25, 0.3) is 0 Å². The van der Waals surface area contributed by atoms with Gasteiger partial charge < -0.3 is 0 Å². The maximum Gasteiger partial charge on any atom is 0.164 e. The first-order valence-corrected chi connectivity index (χ1v) is 8.39. The minimum absolute atomic E-state index is 0.314. The molecule has 1 nitrogen and oxygen atoms in total. The van der Waals surface area contributed by atoms with Gasteiger partial charge in [0.05, 0.1) is 0 Å². The molecule has 0 N–H and O–H groups in total. The lowest BCUT2D eigenvalue weighted by molar-refractivity contribution is 0.0963. The van der Waals surface area contributed by atoms with Gasteiger partial charge in [-0.05, 0) is 42.4 Å². The van der Waals surface area contributed by atoms with E-state index in [1.807, 2.05) is 13.8 Å². The molecule has 0 bridgehead atoms. The first kappa shape index (κ1) is 16.5. The molecule has 1 aliphatic carbocycles. The van der Waals surface area contributed by atoms with Gasteiger partial charge in [-0.25, -0.2) is 0 Å². The van der Waals surface area contributed by atoms with Crippen molar-refractivity contribution in [2.45, 2.75) is 52.9 Å². The molecule has 3 rings (SSSR count). The van der Waals surface area contributed by atoms with Gasteiger partial charge >= 0.3 is 0 Å². The third-order valence-corrected chi connectivity index (χ3v) is 4.34. The second-order valence-corrected chi connectivity index (χ2v) is 5.74. The van der Waals surface area contributed by atoms with E-state index in [0.717, 1.165) is 18.4 Å². The van der Waals surface area contributed by atoms with E-state index in [4.69, 9.17) is 0 Å². The van der Waals surface area contributed by atoms with Crippen molar-refractivity contribution >= 4 is 5.78 Å². The number of fused-ring (bicyclic) bond motifs is 1. The summed E-state index contributed by atoms with van der Waals surface area (Å²) in [7, 11) is 0. The molecular weight excluding hydrogens is 268 g/mol. The van der Waals surface area contributed by atoms with Crippen LogP contribution in [0.1, 0.15) is 65.7 Å². The molecule has 0 saturated heterocycles. The number of Topliss-reactive ketones (excluding diaryl/α,β-unsaturated/α-hetero) is 1. The predicted molar refractivity (Wildman–Crippen MR) is 93.7 cm³/mol.